The number of halogens is 2. The van der Waals surface area contributed by atoms with Crippen LogP contribution in [0.5, 0.6) is 5.88 Å². The normalized spacial score (nSPS) is 10.5. The molecule has 27 heavy (non-hydrogen) atoms. The number of aromatic nitrogens is 2. The first-order chi connectivity index (χ1) is 12.9. The molecule has 0 saturated heterocycles. The molecule has 0 bridgehead atoms. The van der Waals surface area contributed by atoms with Gasteiger partial charge in [0, 0.05) is 27.5 Å². The third kappa shape index (κ3) is 5.10. The Bertz CT molecular complexity index is 977. The lowest BCUT2D eigenvalue weighted by molar-refractivity contribution is -0.118. The number of amides is 1. The summed E-state index contributed by atoms with van der Waals surface area (Å²) < 4.78 is 19.6. The van der Waals surface area contributed by atoms with Crippen LogP contribution in [0.1, 0.15) is 11.3 Å². The fourth-order valence-electron chi connectivity index (χ4n) is 2.43. The van der Waals surface area contributed by atoms with Crippen molar-refractivity contribution in [1.82, 2.24) is 9.97 Å². The second-order valence-electron chi connectivity index (χ2n) is 5.97. The highest BCUT2D eigenvalue weighted by molar-refractivity contribution is 9.10. The van der Waals surface area contributed by atoms with Crippen molar-refractivity contribution in [3.8, 4) is 17.3 Å². The molecule has 0 spiro atoms. The third-order valence-electron chi connectivity index (χ3n) is 3.75. The molecule has 7 heteroatoms. The van der Waals surface area contributed by atoms with Crippen LogP contribution in [0.3, 0.4) is 0 Å². The number of carbonyl (C=O) groups excluding carboxylic acids is 1. The van der Waals surface area contributed by atoms with Crippen LogP contribution in [-0.4, -0.2) is 22.5 Å². The Hall–Kier alpha value is -2.80. The largest absolute Gasteiger partial charge is 0.467 e. The summed E-state index contributed by atoms with van der Waals surface area (Å²) in [5.41, 5.74) is 3.01. The number of benzene rings is 2. The lowest BCUT2D eigenvalue weighted by Crippen LogP contribution is -2.21. The van der Waals surface area contributed by atoms with Crippen molar-refractivity contribution in [3.05, 3.63) is 70.1 Å². The van der Waals surface area contributed by atoms with Gasteiger partial charge in [-0.05, 0) is 61.9 Å². The van der Waals surface area contributed by atoms with Gasteiger partial charge in [-0.15, -0.1) is 0 Å². The van der Waals surface area contributed by atoms with Gasteiger partial charge in [-0.25, -0.2) is 9.37 Å². The maximum Gasteiger partial charge on any atom is 0.262 e. The van der Waals surface area contributed by atoms with Crippen molar-refractivity contribution >= 4 is 27.5 Å². The first kappa shape index (κ1) is 19.0. The highest BCUT2D eigenvalue weighted by Crippen LogP contribution is 2.21. The quantitative estimate of drug-likeness (QED) is 0.639. The molecule has 0 radical (unpaired) electrons. The zero-order valence-corrected chi connectivity index (χ0v) is 16.4. The Morgan fingerprint density at radius 1 is 1.11 bits per heavy atom. The van der Waals surface area contributed by atoms with Crippen LogP contribution in [-0.2, 0) is 4.79 Å². The van der Waals surface area contributed by atoms with E-state index >= 15 is 0 Å². The molecule has 138 valence electrons. The molecule has 0 atom stereocenters. The molecule has 1 heterocycles. The Morgan fingerprint density at radius 2 is 1.85 bits per heavy atom. The minimum absolute atomic E-state index is 0.186. The molecule has 1 aromatic heterocycles. The van der Waals surface area contributed by atoms with Gasteiger partial charge >= 0.3 is 0 Å². The SMILES string of the molecule is Cc1cc(OCC(=O)Nc2ccc(Br)cc2C)nc(-c2ccc(F)cc2)n1. The Morgan fingerprint density at radius 3 is 2.56 bits per heavy atom. The van der Waals surface area contributed by atoms with E-state index in [-0.39, 0.29) is 24.2 Å². The van der Waals surface area contributed by atoms with Crippen molar-refractivity contribution in [1.29, 1.82) is 0 Å². The van der Waals surface area contributed by atoms with Gasteiger partial charge < -0.3 is 10.1 Å². The van der Waals surface area contributed by atoms with E-state index in [1.807, 2.05) is 25.1 Å². The van der Waals surface area contributed by atoms with Crippen LogP contribution in [0.25, 0.3) is 11.4 Å². The molecule has 0 saturated carbocycles. The molecule has 0 aliphatic rings. The van der Waals surface area contributed by atoms with Crippen LogP contribution in [0.4, 0.5) is 10.1 Å². The van der Waals surface area contributed by atoms with Gasteiger partial charge in [-0.2, -0.15) is 4.98 Å². The minimum atomic E-state index is -0.331. The lowest BCUT2D eigenvalue weighted by Gasteiger charge is -2.10. The predicted molar refractivity (Wildman–Crippen MR) is 105 cm³/mol. The van der Waals surface area contributed by atoms with Crippen LogP contribution in [0.15, 0.2) is 53.0 Å². The number of aryl methyl sites for hydroxylation is 2. The van der Waals surface area contributed by atoms with Crippen LogP contribution in [0, 0.1) is 19.7 Å². The summed E-state index contributed by atoms with van der Waals surface area (Å²) >= 11 is 3.39. The third-order valence-corrected chi connectivity index (χ3v) is 4.24. The zero-order valence-electron chi connectivity index (χ0n) is 14.8. The summed E-state index contributed by atoms with van der Waals surface area (Å²) in [6.07, 6.45) is 0. The molecule has 3 rings (SSSR count). The van der Waals surface area contributed by atoms with E-state index in [4.69, 9.17) is 4.74 Å². The minimum Gasteiger partial charge on any atom is -0.467 e. The predicted octanol–water partition coefficient (Wildman–Crippen LogP) is 4.68. The summed E-state index contributed by atoms with van der Waals surface area (Å²) in [5.74, 6) is 0.0708. The lowest BCUT2D eigenvalue weighted by atomic mass is 10.2. The number of ether oxygens (including phenoxy) is 1. The van der Waals surface area contributed by atoms with Gasteiger partial charge in [-0.3, -0.25) is 4.79 Å². The van der Waals surface area contributed by atoms with E-state index in [9.17, 15) is 9.18 Å². The van der Waals surface area contributed by atoms with E-state index < -0.39 is 0 Å². The zero-order chi connectivity index (χ0) is 19.4. The summed E-state index contributed by atoms with van der Waals surface area (Å²) in [6, 6.07) is 13.1. The number of anilines is 1. The maximum absolute atomic E-state index is 13.1. The van der Waals surface area contributed by atoms with Gasteiger partial charge in [-0.1, -0.05) is 15.9 Å². The number of nitrogens with zero attached hydrogens (tertiary/aromatic N) is 2. The van der Waals surface area contributed by atoms with Crippen molar-refractivity contribution < 1.29 is 13.9 Å². The topological polar surface area (TPSA) is 64.1 Å². The summed E-state index contributed by atoms with van der Waals surface area (Å²) in [4.78, 5) is 20.8. The number of carbonyl (C=O) groups is 1. The van der Waals surface area contributed by atoms with Crippen LogP contribution >= 0.6 is 15.9 Å². The summed E-state index contributed by atoms with van der Waals surface area (Å²) in [7, 11) is 0. The second-order valence-corrected chi connectivity index (χ2v) is 6.89. The van der Waals surface area contributed by atoms with E-state index in [1.165, 1.54) is 12.1 Å². The number of hydrogen-bond acceptors (Lipinski definition) is 4. The molecule has 3 aromatic rings. The number of rotatable bonds is 5. The van der Waals surface area contributed by atoms with Gasteiger partial charge in [0.1, 0.15) is 5.82 Å². The first-order valence-electron chi connectivity index (χ1n) is 8.21. The maximum atomic E-state index is 13.1. The molecule has 0 fully saturated rings. The average Bonchev–Trinajstić information content (AvgIpc) is 2.62. The van der Waals surface area contributed by atoms with Crippen molar-refractivity contribution in [2.75, 3.05) is 11.9 Å². The molecular weight excluding hydrogens is 413 g/mol. The van der Waals surface area contributed by atoms with Gasteiger partial charge in [0.05, 0.1) is 0 Å². The second kappa shape index (κ2) is 8.26. The monoisotopic (exact) mass is 429 g/mol. The first-order valence-corrected chi connectivity index (χ1v) is 9.00. The Labute approximate surface area is 164 Å². The van der Waals surface area contributed by atoms with Crippen LogP contribution < -0.4 is 10.1 Å². The smallest absolute Gasteiger partial charge is 0.262 e. The van der Waals surface area contributed by atoms with Gasteiger partial charge in [0.25, 0.3) is 5.91 Å². The summed E-state index contributed by atoms with van der Waals surface area (Å²) in [5, 5.41) is 2.80. The number of nitrogens with one attached hydrogen (secondary N) is 1. The molecule has 0 aliphatic carbocycles. The molecule has 0 unspecified atom stereocenters. The highest BCUT2D eigenvalue weighted by atomic mass is 79.9. The van der Waals surface area contributed by atoms with E-state index in [2.05, 4.69) is 31.2 Å². The van der Waals surface area contributed by atoms with Gasteiger partial charge in [0.15, 0.2) is 12.4 Å². The highest BCUT2D eigenvalue weighted by Gasteiger charge is 2.10. The van der Waals surface area contributed by atoms with E-state index in [0.717, 1.165) is 15.7 Å². The number of hydrogen-bond donors (Lipinski definition) is 1. The Kier molecular flexibility index (Phi) is 5.81. The molecule has 0 aliphatic heterocycles. The van der Waals surface area contributed by atoms with Crippen molar-refractivity contribution in [2.45, 2.75) is 13.8 Å². The molecule has 1 N–H and O–H groups in total. The fraction of sp³-hybridized carbons (Fsp3) is 0.150. The van der Waals surface area contributed by atoms with Crippen molar-refractivity contribution in [3.63, 3.8) is 0 Å². The molecule has 1 amide bonds. The Balaban J connectivity index is 1.68. The van der Waals surface area contributed by atoms with E-state index in [0.29, 0.717) is 17.1 Å². The summed E-state index contributed by atoms with van der Waals surface area (Å²) in [6.45, 7) is 3.52. The average molecular weight is 430 g/mol. The fourth-order valence-corrected chi connectivity index (χ4v) is 2.91. The van der Waals surface area contributed by atoms with Crippen molar-refractivity contribution in [2.24, 2.45) is 0 Å². The molecule has 2 aromatic carbocycles. The van der Waals surface area contributed by atoms with E-state index in [1.54, 1.807) is 25.1 Å². The van der Waals surface area contributed by atoms with Crippen LogP contribution in [0.2, 0.25) is 0 Å². The van der Waals surface area contributed by atoms with Gasteiger partial charge in [0.2, 0.25) is 5.88 Å². The standard InChI is InChI=1S/C20H17BrFN3O2/c1-12-9-15(21)5-8-17(12)24-18(26)11-27-19-10-13(2)23-20(25-19)14-3-6-16(22)7-4-14/h3-10H,11H2,1-2H3,(H,24,26). The molecule has 5 nitrogen and oxygen atoms in total. The molecular formula is C20H17BrFN3O2.